The maximum absolute atomic E-state index is 13.9. The zero-order chi connectivity index (χ0) is 15.5. The van der Waals surface area contributed by atoms with Crippen LogP contribution in [0, 0.1) is 5.82 Å². The molecule has 1 fully saturated rings. The molecule has 1 aliphatic carbocycles. The van der Waals surface area contributed by atoms with Crippen molar-refractivity contribution < 1.29 is 14.3 Å². The van der Waals surface area contributed by atoms with Crippen LogP contribution < -0.4 is 10.2 Å². The molecule has 1 aliphatic rings. The zero-order valence-electron chi connectivity index (χ0n) is 12.6. The minimum absolute atomic E-state index is 0.272. The van der Waals surface area contributed by atoms with Gasteiger partial charge in [0.1, 0.15) is 11.4 Å². The number of benzene rings is 1. The van der Waals surface area contributed by atoms with Gasteiger partial charge in [0.2, 0.25) is 0 Å². The minimum atomic E-state index is -0.958. The fraction of sp³-hybridized carbons (Fsp3) is 0.562. The van der Waals surface area contributed by atoms with Crippen LogP contribution in [-0.4, -0.2) is 35.7 Å². The summed E-state index contributed by atoms with van der Waals surface area (Å²) in [6.07, 6.45) is 2.50. The topological polar surface area (TPSA) is 52.6 Å². The Morgan fingerprint density at radius 1 is 1.48 bits per heavy atom. The molecular formula is C16H23FN2O2. The van der Waals surface area contributed by atoms with Crippen molar-refractivity contribution >= 4 is 11.7 Å². The number of para-hydroxylation sites is 1. The molecule has 1 unspecified atom stereocenters. The van der Waals surface area contributed by atoms with Gasteiger partial charge >= 0.3 is 5.97 Å². The molecule has 0 heterocycles. The highest BCUT2D eigenvalue weighted by molar-refractivity contribution is 5.78. The Kier molecular flexibility index (Phi) is 4.83. The van der Waals surface area contributed by atoms with Crippen LogP contribution in [0.1, 0.15) is 33.1 Å². The van der Waals surface area contributed by atoms with E-state index in [9.17, 15) is 14.3 Å². The van der Waals surface area contributed by atoms with Gasteiger partial charge < -0.3 is 10.0 Å². The molecule has 0 saturated heterocycles. The summed E-state index contributed by atoms with van der Waals surface area (Å²) in [4.78, 5) is 13.4. The first-order valence-electron chi connectivity index (χ1n) is 7.47. The molecule has 1 atom stereocenters. The Hall–Kier alpha value is -1.62. The van der Waals surface area contributed by atoms with E-state index in [1.807, 2.05) is 11.8 Å². The van der Waals surface area contributed by atoms with Gasteiger partial charge in [-0.3, -0.25) is 10.1 Å². The Balaban J connectivity index is 2.04. The van der Waals surface area contributed by atoms with Crippen LogP contribution in [0.3, 0.4) is 0 Å². The summed E-state index contributed by atoms with van der Waals surface area (Å²) in [5.74, 6) is -1.12. The van der Waals surface area contributed by atoms with Gasteiger partial charge in [0.05, 0.1) is 5.69 Å². The number of carbonyl (C=O) groups is 1. The second kappa shape index (κ2) is 6.43. The molecule has 21 heavy (non-hydrogen) atoms. The second-order valence-electron chi connectivity index (χ2n) is 5.84. The van der Waals surface area contributed by atoms with E-state index in [1.54, 1.807) is 25.1 Å². The highest BCUT2D eigenvalue weighted by Gasteiger charge is 2.38. The molecule has 5 heteroatoms. The predicted octanol–water partition coefficient (Wildman–Crippen LogP) is 2.64. The van der Waals surface area contributed by atoms with Crippen LogP contribution in [0.25, 0.3) is 0 Å². The molecule has 1 aromatic rings. The lowest BCUT2D eigenvalue weighted by molar-refractivity contribution is -0.144. The number of nitrogens with one attached hydrogen (secondary N) is 1. The minimum Gasteiger partial charge on any atom is -0.480 e. The Bertz CT molecular complexity index is 505. The third-order valence-corrected chi connectivity index (χ3v) is 4.03. The number of aliphatic carboxylic acids is 1. The Morgan fingerprint density at radius 2 is 2.14 bits per heavy atom. The summed E-state index contributed by atoms with van der Waals surface area (Å²) in [5, 5.41) is 12.7. The molecule has 0 aromatic heterocycles. The van der Waals surface area contributed by atoms with Crippen LogP contribution in [-0.2, 0) is 4.79 Å². The van der Waals surface area contributed by atoms with Crippen molar-refractivity contribution in [3.05, 3.63) is 30.1 Å². The second-order valence-corrected chi connectivity index (χ2v) is 5.84. The summed E-state index contributed by atoms with van der Waals surface area (Å²) in [6, 6.07) is 6.92. The number of rotatable bonds is 8. The van der Waals surface area contributed by atoms with Crippen molar-refractivity contribution in [3.8, 4) is 0 Å². The van der Waals surface area contributed by atoms with E-state index in [0.717, 1.165) is 12.8 Å². The zero-order valence-corrected chi connectivity index (χ0v) is 12.6. The van der Waals surface area contributed by atoms with E-state index in [1.165, 1.54) is 6.07 Å². The van der Waals surface area contributed by atoms with Gasteiger partial charge in [0.25, 0.3) is 0 Å². The van der Waals surface area contributed by atoms with Crippen LogP contribution in [0.5, 0.6) is 0 Å². The molecule has 116 valence electrons. The number of anilines is 1. The van der Waals surface area contributed by atoms with Crippen molar-refractivity contribution in [1.82, 2.24) is 5.32 Å². The van der Waals surface area contributed by atoms with Crippen LogP contribution in [0.15, 0.2) is 24.3 Å². The summed E-state index contributed by atoms with van der Waals surface area (Å²) in [5.41, 5.74) is -0.431. The van der Waals surface area contributed by atoms with Gasteiger partial charge in [-0.1, -0.05) is 12.1 Å². The fourth-order valence-corrected chi connectivity index (χ4v) is 2.43. The van der Waals surface area contributed by atoms with Crippen LogP contribution in [0.4, 0.5) is 10.1 Å². The average Bonchev–Trinajstić information content (AvgIpc) is 3.25. The number of carboxylic acids is 1. The van der Waals surface area contributed by atoms with Gasteiger partial charge in [-0.15, -0.1) is 0 Å². The van der Waals surface area contributed by atoms with E-state index in [4.69, 9.17) is 0 Å². The van der Waals surface area contributed by atoms with E-state index >= 15 is 0 Å². The lowest BCUT2D eigenvalue weighted by Gasteiger charge is -2.31. The molecule has 4 nitrogen and oxygen atoms in total. The third-order valence-electron chi connectivity index (χ3n) is 4.03. The Morgan fingerprint density at radius 3 is 2.67 bits per heavy atom. The molecule has 1 saturated carbocycles. The molecule has 1 aromatic carbocycles. The normalized spacial score (nSPS) is 17.3. The fourth-order valence-electron chi connectivity index (χ4n) is 2.43. The van der Waals surface area contributed by atoms with Crippen LogP contribution >= 0.6 is 0 Å². The first-order chi connectivity index (χ1) is 9.96. The first kappa shape index (κ1) is 15.8. The first-order valence-corrected chi connectivity index (χ1v) is 7.47. The highest BCUT2D eigenvalue weighted by atomic mass is 19.1. The van der Waals surface area contributed by atoms with E-state index in [0.29, 0.717) is 31.2 Å². The molecule has 0 bridgehead atoms. The van der Waals surface area contributed by atoms with Crippen LogP contribution in [0.2, 0.25) is 0 Å². The quantitative estimate of drug-likeness (QED) is 0.774. The molecular weight excluding hydrogens is 271 g/mol. The van der Waals surface area contributed by atoms with Gasteiger partial charge in [-0.2, -0.15) is 0 Å². The average molecular weight is 294 g/mol. The molecule has 0 radical (unpaired) electrons. The largest absolute Gasteiger partial charge is 0.480 e. The molecule has 2 rings (SSSR count). The summed E-state index contributed by atoms with van der Waals surface area (Å²) >= 11 is 0. The van der Waals surface area contributed by atoms with Crippen molar-refractivity contribution in [2.75, 3.05) is 18.0 Å². The Labute approximate surface area is 125 Å². The highest BCUT2D eigenvalue weighted by Crippen LogP contribution is 2.25. The summed E-state index contributed by atoms with van der Waals surface area (Å²) in [7, 11) is 0. The molecule has 2 N–H and O–H groups in total. The number of halogens is 1. The van der Waals surface area contributed by atoms with Crippen molar-refractivity contribution in [1.29, 1.82) is 0 Å². The van der Waals surface area contributed by atoms with E-state index < -0.39 is 11.5 Å². The van der Waals surface area contributed by atoms with Gasteiger partial charge in [0.15, 0.2) is 0 Å². The number of hydrogen-bond acceptors (Lipinski definition) is 3. The SMILES string of the molecule is CCN(CCC(C)(NC1CC1)C(=O)O)c1ccccc1F. The molecule has 0 amide bonds. The predicted molar refractivity (Wildman–Crippen MR) is 81.1 cm³/mol. The number of nitrogens with zero attached hydrogens (tertiary/aromatic N) is 1. The monoisotopic (exact) mass is 294 g/mol. The van der Waals surface area contributed by atoms with Gasteiger partial charge in [-0.25, -0.2) is 4.39 Å². The smallest absolute Gasteiger partial charge is 0.323 e. The molecule has 0 aliphatic heterocycles. The number of hydrogen-bond donors (Lipinski definition) is 2. The van der Waals surface area contributed by atoms with Crippen molar-refractivity contribution in [3.63, 3.8) is 0 Å². The third kappa shape index (κ3) is 3.94. The van der Waals surface area contributed by atoms with Crippen molar-refractivity contribution in [2.45, 2.75) is 44.7 Å². The molecule has 0 spiro atoms. The summed E-state index contributed by atoms with van der Waals surface area (Å²) in [6.45, 7) is 4.79. The van der Waals surface area contributed by atoms with Crippen molar-refractivity contribution in [2.24, 2.45) is 0 Å². The lowest BCUT2D eigenvalue weighted by Crippen LogP contribution is -2.52. The van der Waals surface area contributed by atoms with Gasteiger partial charge in [-0.05, 0) is 45.2 Å². The standard InChI is InChI=1S/C16H23FN2O2/c1-3-19(14-7-5-4-6-13(14)17)11-10-16(2,15(20)21)18-12-8-9-12/h4-7,12,18H,3,8-11H2,1-2H3,(H,20,21). The van der Waals surface area contributed by atoms with E-state index in [2.05, 4.69) is 5.32 Å². The summed E-state index contributed by atoms with van der Waals surface area (Å²) < 4.78 is 13.9. The van der Waals surface area contributed by atoms with E-state index in [-0.39, 0.29) is 5.82 Å². The number of carboxylic acid groups (broad SMARTS) is 1. The maximum atomic E-state index is 13.9. The maximum Gasteiger partial charge on any atom is 0.323 e. The van der Waals surface area contributed by atoms with Gasteiger partial charge in [0, 0.05) is 19.1 Å². The lowest BCUT2D eigenvalue weighted by atomic mass is 9.97.